The summed E-state index contributed by atoms with van der Waals surface area (Å²) in [5.74, 6) is 2.78. The maximum atomic E-state index is 12.9. The number of fused-ring (bicyclic) bond motifs is 5. The summed E-state index contributed by atoms with van der Waals surface area (Å²) in [6.07, 6.45) is 20.5. The molecule has 3 nitrogen and oxygen atoms in total. The highest BCUT2D eigenvalue weighted by Crippen LogP contribution is 2.58. The van der Waals surface area contributed by atoms with Gasteiger partial charge >= 0.3 is 5.97 Å². The Balaban J connectivity index is 1.38. The summed E-state index contributed by atoms with van der Waals surface area (Å²) < 4.78 is 4.65. The van der Waals surface area contributed by atoms with Gasteiger partial charge in [-0.05, 0) is 61.3 Å². The Bertz CT molecular complexity index is 628. The molecule has 0 N–H and O–H groups in total. The highest BCUT2D eigenvalue weighted by atomic mass is 16.5. The second-order valence-electron chi connectivity index (χ2n) is 8.36. The lowest BCUT2D eigenvalue weighted by Crippen LogP contribution is -2.21. The summed E-state index contributed by atoms with van der Waals surface area (Å²) in [6, 6.07) is 0. The minimum Gasteiger partial charge on any atom is -0.469 e. The Labute approximate surface area is 163 Å². The molecule has 5 atom stereocenters. The minimum absolute atomic E-state index is 0.106. The average Bonchev–Trinajstić information content (AvgIpc) is 3.36. The van der Waals surface area contributed by atoms with Gasteiger partial charge in [-0.15, -0.1) is 0 Å². The highest BCUT2D eigenvalue weighted by molar-refractivity contribution is 6.01. The quantitative estimate of drug-likeness (QED) is 0.223. The molecule has 3 aliphatic rings. The van der Waals surface area contributed by atoms with Crippen molar-refractivity contribution in [3.8, 4) is 0 Å². The van der Waals surface area contributed by atoms with Crippen LogP contribution in [-0.4, -0.2) is 18.9 Å². The standard InChI is InChI=1S/C24H34O3/c1-3-19-20(24(26)23-18-15-14-17(16-18)22(19)23)12-10-8-6-4-5-7-9-11-13-21(25)27-2/h8,10,12,14-15,17-19,22-23H,3-7,9,11,13,16H2,1-2H3/b10-8-,20-12+/t17-,18+,19+,22-,23-/m0/s1. The van der Waals surface area contributed by atoms with Crippen LogP contribution in [0.1, 0.15) is 64.7 Å². The van der Waals surface area contributed by atoms with Gasteiger partial charge in [0.25, 0.3) is 0 Å². The molecule has 2 bridgehead atoms. The first-order chi connectivity index (χ1) is 13.2. The van der Waals surface area contributed by atoms with E-state index in [1.807, 2.05) is 0 Å². The molecule has 0 spiro atoms. The normalized spacial score (nSPS) is 32.7. The number of ether oxygens (including phenoxy) is 1. The van der Waals surface area contributed by atoms with E-state index < -0.39 is 0 Å². The van der Waals surface area contributed by atoms with Gasteiger partial charge in [-0.2, -0.15) is 0 Å². The molecular weight excluding hydrogens is 336 g/mol. The molecule has 0 unspecified atom stereocenters. The predicted molar refractivity (Wildman–Crippen MR) is 108 cm³/mol. The van der Waals surface area contributed by atoms with Crippen molar-refractivity contribution in [3.63, 3.8) is 0 Å². The lowest BCUT2D eigenvalue weighted by atomic mass is 9.80. The van der Waals surface area contributed by atoms with Crippen LogP contribution in [0, 0.1) is 29.6 Å². The molecular formula is C24H34O3. The Hall–Kier alpha value is -1.64. The molecule has 3 heteroatoms. The van der Waals surface area contributed by atoms with Gasteiger partial charge in [0.1, 0.15) is 0 Å². The first-order valence-corrected chi connectivity index (χ1v) is 10.8. The fourth-order valence-corrected chi connectivity index (χ4v) is 5.49. The lowest BCUT2D eigenvalue weighted by molar-refractivity contribution is -0.140. The number of allylic oxidation sites excluding steroid dienone is 6. The fourth-order valence-electron chi connectivity index (χ4n) is 5.49. The SMILES string of the molecule is CC[C@@H]1/C(=C\C=C/CCCCCCCC(=O)OC)C(=O)[C@@H]2[C@H]1[C@H]1C=C[C@@H]2C1. The van der Waals surface area contributed by atoms with Crippen molar-refractivity contribution in [2.45, 2.75) is 64.7 Å². The van der Waals surface area contributed by atoms with Gasteiger partial charge in [0.15, 0.2) is 5.78 Å². The lowest BCUT2D eigenvalue weighted by Gasteiger charge is -2.23. The number of Topliss-reactive ketones (excluding diaryl/α,β-unsaturated/α-hetero) is 1. The molecule has 0 aromatic rings. The second kappa shape index (κ2) is 9.52. The Morgan fingerprint density at radius 2 is 1.89 bits per heavy atom. The van der Waals surface area contributed by atoms with Crippen molar-refractivity contribution in [2.24, 2.45) is 29.6 Å². The molecule has 148 valence electrons. The number of carbonyl (C=O) groups excluding carboxylic acids is 2. The molecule has 0 heterocycles. The average molecular weight is 371 g/mol. The van der Waals surface area contributed by atoms with Crippen LogP contribution >= 0.6 is 0 Å². The third kappa shape index (κ3) is 4.44. The van der Waals surface area contributed by atoms with E-state index in [0.29, 0.717) is 35.9 Å². The van der Waals surface area contributed by atoms with Crippen molar-refractivity contribution in [1.29, 1.82) is 0 Å². The summed E-state index contributed by atoms with van der Waals surface area (Å²) >= 11 is 0. The molecule has 0 aromatic heterocycles. The number of unbranched alkanes of at least 4 members (excludes halogenated alkanes) is 5. The van der Waals surface area contributed by atoms with Crippen molar-refractivity contribution in [3.05, 3.63) is 36.0 Å². The van der Waals surface area contributed by atoms with Crippen LogP contribution in [-0.2, 0) is 14.3 Å². The number of rotatable bonds is 10. The zero-order valence-corrected chi connectivity index (χ0v) is 16.9. The van der Waals surface area contributed by atoms with E-state index in [1.165, 1.54) is 32.8 Å². The number of esters is 1. The predicted octanol–water partition coefficient (Wildman–Crippen LogP) is 5.42. The molecule has 3 aliphatic carbocycles. The third-order valence-electron chi connectivity index (χ3n) is 6.80. The second-order valence-corrected chi connectivity index (χ2v) is 8.36. The highest BCUT2D eigenvalue weighted by Gasteiger charge is 2.56. The number of hydrogen-bond acceptors (Lipinski definition) is 3. The number of ketones is 1. The topological polar surface area (TPSA) is 43.4 Å². The summed E-state index contributed by atoms with van der Waals surface area (Å²) in [6.45, 7) is 2.23. The summed E-state index contributed by atoms with van der Waals surface area (Å²) in [4.78, 5) is 23.9. The van der Waals surface area contributed by atoms with Crippen LogP contribution < -0.4 is 0 Å². The largest absolute Gasteiger partial charge is 0.469 e. The zero-order valence-electron chi connectivity index (χ0n) is 16.9. The minimum atomic E-state index is -0.106. The van der Waals surface area contributed by atoms with Crippen LogP contribution in [0.15, 0.2) is 36.0 Å². The third-order valence-corrected chi connectivity index (χ3v) is 6.80. The van der Waals surface area contributed by atoms with Crippen molar-refractivity contribution >= 4 is 11.8 Å². The van der Waals surface area contributed by atoms with E-state index in [2.05, 4.69) is 42.0 Å². The monoisotopic (exact) mass is 370 g/mol. The van der Waals surface area contributed by atoms with Gasteiger partial charge in [0.2, 0.25) is 0 Å². The van der Waals surface area contributed by atoms with Crippen LogP contribution in [0.25, 0.3) is 0 Å². The van der Waals surface area contributed by atoms with E-state index in [1.54, 1.807) is 0 Å². The van der Waals surface area contributed by atoms with Gasteiger partial charge in [-0.25, -0.2) is 0 Å². The smallest absolute Gasteiger partial charge is 0.305 e. The van der Waals surface area contributed by atoms with Crippen LogP contribution in [0.4, 0.5) is 0 Å². The molecule has 0 amide bonds. The maximum absolute atomic E-state index is 12.9. The number of methoxy groups -OCH3 is 1. The van der Waals surface area contributed by atoms with Crippen molar-refractivity contribution in [2.75, 3.05) is 7.11 Å². The van der Waals surface area contributed by atoms with Gasteiger partial charge in [-0.1, -0.05) is 56.6 Å². The molecule has 0 aromatic carbocycles. The maximum Gasteiger partial charge on any atom is 0.305 e. The zero-order chi connectivity index (χ0) is 19.2. The Morgan fingerprint density at radius 3 is 2.67 bits per heavy atom. The van der Waals surface area contributed by atoms with Gasteiger partial charge in [0, 0.05) is 12.3 Å². The number of carbonyl (C=O) groups is 2. The van der Waals surface area contributed by atoms with Crippen LogP contribution in [0.2, 0.25) is 0 Å². The van der Waals surface area contributed by atoms with Crippen molar-refractivity contribution in [1.82, 2.24) is 0 Å². The Kier molecular flexibility index (Phi) is 7.09. The molecule has 0 saturated heterocycles. The van der Waals surface area contributed by atoms with Crippen LogP contribution in [0.3, 0.4) is 0 Å². The molecule has 27 heavy (non-hydrogen) atoms. The summed E-state index contributed by atoms with van der Waals surface area (Å²) in [7, 11) is 1.44. The van der Waals surface area contributed by atoms with E-state index >= 15 is 0 Å². The van der Waals surface area contributed by atoms with Gasteiger partial charge in [-0.3, -0.25) is 9.59 Å². The molecule has 0 aliphatic heterocycles. The van der Waals surface area contributed by atoms with Gasteiger partial charge in [0.05, 0.1) is 7.11 Å². The summed E-state index contributed by atoms with van der Waals surface area (Å²) in [5.41, 5.74) is 1.09. The van der Waals surface area contributed by atoms with E-state index in [0.717, 1.165) is 31.3 Å². The fraction of sp³-hybridized carbons (Fsp3) is 0.667. The van der Waals surface area contributed by atoms with Gasteiger partial charge < -0.3 is 4.74 Å². The van der Waals surface area contributed by atoms with E-state index in [-0.39, 0.29) is 11.9 Å². The molecule has 3 rings (SSSR count). The van der Waals surface area contributed by atoms with E-state index in [9.17, 15) is 9.59 Å². The number of hydrogen-bond donors (Lipinski definition) is 0. The Morgan fingerprint density at radius 1 is 1.15 bits per heavy atom. The molecule has 2 fully saturated rings. The first-order valence-electron chi connectivity index (χ1n) is 10.8. The molecule has 0 radical (unpaired) electrons. The first kappa shape index (κ1) is 20.1. The molecule has 2 saturated carbocycles. The van der Waals surface area contributed by atoms with E-state index in [4.69, 9.17) is 0 Å². The van der Waals surface area contributed by atoms with Crippen LogP contribution in [0.5, 0.6) is 0 Å². The summed E-state index contributed by atoms with van der Waals surface area (Å²) in [5, 5.41) is 0. The van der Waals surface area contributed by atoms with Crippen molar-refractivity contribution < 1.29 is 14.3 Å².